The third kappa shape index (κ3) is 4.28. The Bertz CT molecular complexity index is 618. The Hall–Kier alpha value is -1.44. The molecule has 122 valence electrons. The van der Waals surface area contributed by atoms with E-state index in [0.29, 0.717) is 13.1 Å². The van der Waals surface area contributed by atoms with E-state index in [2.05, 4.69) is 4.90 Å². The molecule has 1 fully saturated rings. The van der Waals surface area contributed by atoms with E-state index in [1.54, 1.807) is 0 Å². The van der Waals surface area contributed by atoms with E-state index in [9.17, 15) is 13.2 Å². The van der Waals surface area contributed by atoms with Crippen molar-refractivity contribution < 1.29 is 18.3 Å². The van der Waals surface area contributed by atoms with Crippen LogP contribution in [0.2, 0.25) is 0 Å². The Morgan fingerprint density at radius 2 is 1.91 bits per heavy atom. The lowest BCUT2D eigenvalue weighted by Gasteiger charge is -2.44. The van der Waals surface area contributed by atoms with Crippen molar-refractivity contribution in [1.29, 1.82) is 0 Å². The number of aliphatic carboxylic acids is 1. The minimum atomic E-state index is -3.31. The summed E-state index contributed by atoms with van der Waals surface area (Å²) < 4.78 is 25.0. The van der Waals surface area contributed by atoms with Crippen LogP contribution in [0.1, 0.15) is 18.9 Å². The quantitative estimate of drug-likeness (QED) is 0.873. The largest absolute Gasteiger partial charge is 0.481 e. The van der Waals surface area contributed by atoms with Gasteiger partial charge in [0.2, 0.25) is 10.0 Å². The standard InChI is InChI=1S/C15H22N2O4S/c1-12-9-16(22(2,20)21)11-14(8-15(18)19)17(12)10-13-6-4-3-5-7-13/h3-7,12,14H,8-11H2,1-2H3,(H,18,19)/t12?,14-/m1/s1. The summed E-state index contributed by atoms with van der Waals surface area (Å²) >= 11 is 0. The molecule has 1 aromatic carbocycles. The molecule has 22 heavy (non-hydrogen) atoms. The summed E-state index contributed by atoms with van der Waals surface area (Å²) in [6.45, 7) is 3.18. The molecular formula is C15H22N2O4S. The van der Waals surface area contributed by atoms with Gasteiger partial charge in [0.25, 0.3) is 0 Å². The van der Waals surface area contributed by atoms with E-state index in [0.717, 1.165) is 5.56 Å². The highest BCUT2D eigenvalue weighted by molar-refractivity contribution is 7.88. The molecule has 1 aromatic rings. The lowest BCUT2D eigenvalue weighted by Crippen LogP contribution is -2.58. The molecule has 0 bridgehead atoms. The number of nitrogens with zero attached hydrogens (tertiary/aromatic N) is 2. The van der Waals surface area contributed by atoms with Gasteiger partial charge in [-0.2, -0.15) is 4.31 Å². The molecule has 0 aromatic heterocycles. The Morgan fingerprint density at radius 3 is 2.45 bits per heavy atom. The Labute approximate surface area is 131 Å². The summed E-state index contributed by atoms with van der Waals surface area (Å²) in [6, 6.07) is 9.45. The van der Waals surface area contributed by atoms with Crippen LogP contribution in [-0.4, -0.2) is 60.1 Å². The number of benzene rings is 1. The van der Waals surface area contributed by atoms with Gasteiger partial charge in [-0.25, -0.2) is 8.42 Å². The number of carboxylic acids is 1. The maximum Gasteiger partial charge on any atom is 0.304 e. The molecule has 7 heteroatoms. The van der Waals surface area contributed by atoms with Crippen molar-refractivity contribution in [2.24, 2.45) is 0 Å². The first-order valence-corrected chi connectivity index (χ1v) is 9.09. The number of carboxylic acid groups (broad SMARTS) is 1. The van der Waals surface area contributed by atoms with Gasteiger partial charge in [0.05, 0.1) is 12.7 Å². The van der Waals surface area contributed by atoms with E-state index < -0.39 is 16.0 Å². The lowest BCUT2D eigenvalue weighted by molar-refractivity contribution is -0.139. The van der Waals surface area contributed by atoms with Gasteiger partial charge in [-0.3, -0.25) is 9.69 Å². The maximum atomic E-state index is 11.8. The number of piperazine rings is 1. The summed E-state index contributed by atoms with van der Waals surface area (Å²) in [7, 11) is -3.31. The number of rotatable bonds is 5. The van der Waals surface area contributed by atoms with Crippen molar-refractivity contribution in [3.8, 4) is 0 Å². The molecular weight excluding hydrogens is 304 g/mol. The number of hydrogen-bond acceptors (Lipinski definition) is 4. The molecule has 1 aliphatic rings. The molecule has 6 nitrogen and oxygen atoms in total. The summed E-state index contributed by atoms with van der Waals surface area (Å²) in [4.78, 5) is 13.2. The van der Waals surface area contributed by atoms with Crippen molar-refractivity contribution in [1.82, 2.24) is 9.21 Å². The molecule has 1 unspecified atom stereocenters. The summed E-state index contributed by atoms with van der Waals surface area (Å²) in [5, 5.41) is 9.13. The van der Waals surface area contributed by atoms with Crippen LogP contribution in [0.5, 0.6) is 0 Å². The highest BCUT2D eigenvalue weighted by atomic mass is 32.2. The average Bonchev–Trinajstić information content (AvgIpc) is 2.42. The van der Waals surface area contributed by atoms with Crippen LogP contribution < -0.4 is 0 Å². The molecule has 2 rings (SSSR count). The molecule has 0 spiro atoms. The van der Waals surface area contributed by atoms with E-state index >= 15 is 0 Å². The predicted octanol–water partition coefficient (Wildman–Crippen LogP) is 0.996. The lowest BCUT2D eigenvalue weighted by atomic mass is 10.0. The normalized spacial score (nSPS) is 24.3. The van der Waals surface area contributed by atoms with Crippen LogP contribution in [0.15, 0.2) is 30.3 Å². The van der Waals surface area contributed by atoms with Crippen molar-refractivity contribution in [3.05, 3.63) is 35.9 Å². The van der Waals surface area contributed by atoms with E-state index in [4.69, 9.17) is 5.11 Å². The minimum Gasteiger partial charge on any atom is -0.481 e. The first-order valence-electron chi connectivity index (χ1n) is 7.24. The molecule has 1 N–H and O–H groups in total. The van der Waals surface area contributed by atoms with Crippen molar-refractivity contribution >= 4 is 16.0 Å². The molecule has 2 atom stereocenters. The van der Waals surface area contributed by atoms with Gasteiger partial charge in [0, 0.05) is 31.7 Å². The van der Waals surface area contributed by atoms with E-state index in [-0.39, 0.29) is 25.0 Å². The van der Waals surface area contributed by atoms with Gasteiger partial charge in [-0.1, -0.05) is 30.3 Å². The van der Waals surface area contributed by atoms with Crippen LogP contribution in [0.4, 0.5) is 0 Å². The molecule has 1 aliphatic heterocycles. The first-order chi connectivity index (χ1) is 10.3. The van der Waals surface area contributed by atoms with Crippen LogP contribution in [-0.2, 0) is 21.4 Å². The highest BCUT2D eigenvalue weighted by Crippen LogP contribution is 2.22. The minimum absolute atomic E-state index is 0.0342. The average molecular weight is 326 g/mol. The third-order valence-electron chi connectivity index (χ3n) is 4.00. The van der Waals surface area contributed by atoms with Gasteiger partial charge in [0.15, 0.2) is 0 Å². The second-order valence-corrected chi connectivity index (χ2v) is 7.82. The molecule has 0 saturated carbocycles. The van der Waals surface area contributed by atoms with Crippen molar-refractivity contribution in [2.45, 2.75) is 32.0 Å². The van der Waals surface area contributed by atoms with Crippen LogP contribution in [0.3, 0.4) is 0 Å². The zero-order valence-electron chi connectivity index (χ0n) is 12.8. The van der Waals surface area contributed by atoms with Gasteiger partial charge in [-0.15, -0.1) is 0 Å². The fraction of sp³-hybridized carbons (Fsp3) is 0.533. The smallest absolute Gasteiger partial charge is 0.304 e. The Morgan fingerprint density at radius 1 is 1.27 bits per heavy atom. The van der Waals surface area contributed by atoms with Gasteiger partial charge in [0.1, 0.15) is 0 Å². The monoisotopic (exact) mass is 326 g/mol. The topological polar surface area (TPSA) is 77.9 Å². The number of hydrogen-bond donors (Lipinski definition) is 1. The van der Waals surface area contributed by atoms with Crippen LogP contribution >= 0.6 is 0 Å². The van der Waals surface area contributed by atoms with Gasteiger partial charge < -0.3 is 5.11 Å². The zero-order chi connectivity index (χ0) is 16.3. The summed E-state index contributed by atoms with van der Waals surface area (Å²) in [5.74, 6) is -0.911. The van der Waals surface area contributed by atoms with Crippen molar-refractivity contribution in [3.63, 3.8) is 0 Å². The molecule has 1 heterocycles. The maximum absolute atomic E-state index is 11.8. The highest BCUT2D eigenvalue weighted by Gasteiger charge is 2.36. The molecule has 0 amide bonds. The second kappa shape index (κ2) is 6.76. The van der Waals surface area contributed by atoms with E-state index in [1.807, 2.05) is 37.3 Å². The summed E-state index contributed by atoms with van der Waals surface area (Å²) in [6.07, 6.45) is 1.10. The fourth-order valence-electron chi connectivity index (χ4n) is 2.91. The molecule has 0 aliphatic carbocycles. The number of sulfonamides is 1. The molecule has 0 radical (unpaired) electrons. The van der Waals surface area contributed by atoms with E-state index in [1.165, 1.54) is 10.6 Å². The van der Waals surface area contributed by atoms with Crippen molar-refractivity contribution in [2.75, 3.05) is 19.3 Å². The zero-order valence-corrected chi connectivity index (χ0v) is 13.7. The third-order valence-corrected chi connectivity index (χ3v) is 5.24. The number of carbonyl (C=O) groups is 1. The Kier molecular flexibility index (Phi) is 5.20. The molecule has 1 saturated heterocycles. The SMILES string of the molecule is CC1CN(S(C)(=O)=O)C[C@@H](CC(=O)O)N1Cc1ccccc1. The predicted molar refractivity (Wildman–Crippen MR) is 83.9 cm³/mol. The van der Waals surface area contributed by atoms with Crippen LogP contribution in [0, 0.1) is 0 Å². The van der Waals surface area contributed by atoms with Gasteiger partial charge in [-0.05, 0) is 12.5 Å². The summed E-state index contributed by atoms with van der Waals surface area (Å²) in [5.41, 5.74) is 1.09. The van der Waals surface area contributed by atoms with Gasteiger partial charge >= 0.3 is 5.97 Å². The Balaban J connectivity index is 2.20. The fourth-order valence-corrected chi connectivity index (χ4v) is 3.84. The van der Waals surface area contributed by atoms with Crippen LogP contribution in [0.25, 0.3) is 0 Å². The first kappa shape index (κ1) is 16.9. The second-order valence-electron chi connectivity index (χ2n) is 5.84.